The summed E-state index contributed by atoms with van der Waals surface area (Å²) in [5, 5.41) is 10.6. The maximum Gasteiger partial charge on any atom is 0.472 e. The van der Waals surface area contributed by atoms with E-state index in [2.05, 4.69) is 27.7 Å². The van der Waals surface area contributed by atoms with Gasteiger partial charge >= 0.3 is 39.5 Å². The van der Waals surface area contributed by atoms with Gasteiger partial charge in [0.25, 0.3) is 0 Å². The molecule has 600 valence electrons. The molecular formula is C82H160O17P2. The average molecular weight is 1480 g/mol. The SMILES string of the molecule is CCCCCCCCCCCCCCCCCCCCCCC(=O)O[C@H](COC(=O)CCCCCCCCCCCCCCCCCCC)COP(=O)(O)OC[C@@H](O)COP(=O)(O)OC[C@@H](COC(=O)CCCCCCCCC)OC(=O)CCCCCCCCCCCCCCCCCCC. The molecule has 5 atom stereocenters. The van der Waals surface area contributed by atoms with Gasteiger partial charge in [0.1, 0.15) is 19.3 Å². The Hall–Kier alpha value is -1.94. The van der Waals surface area contributed by atoms with Gasteiger partial charge in [-0.25, -0.2) is 9.13 Å². The first-order valence-electron chi connectivity index (χ1n) is 42.8. The molecule has 0 saturated heterocycles. The van der Waals surface area contributed by atoms with E-state index in [1.165, 1.54) is 263 Å². The average Bonchev–Trinajstić information content (AvgIpc) is 0.953. The Morgan fingerprint density at radius 3 is 0.584 bits per heavy atom. The number of rotatable bonds is 83. The molecule has 0 aromatic carbocycles. The predicted molar refractivity (Wildman–Crippen MR) is 414 cm³/mol. The summed E-state index contributed by atoms with van der Waals surface area (Å²) < 4.78 is 68.7. The van der Waals surface area contributed by atoms with Crippen molar-refractivity contribution in [3.63, 3.8) is 0 Å². The molecule has 0 aromatic rings. The summed E-state index contributed by atoms with van der Waals surface area (Å²) in [6.07, 6.45) is 69.6. The van der Waals surface area contributed by atoms with Crippen LogP contribution in [0.5, 0.6) is 0 Å². The molecule has 0 rings (SSSR count). The summed E-state index contributed by atoms with van der Waals surface area (Å²) >= 11 is 0. The number of aliphatic hydroxyl groups excluding tert-OH is 1. The fourth-order valence-corrected chi connectivity index (χ4v) is 14.4. The van der Waals surface area contributed by atoms with Crippen LogP contribution in [-0.4, -0.2) is 96.7 Å². The van der Waals surface area contributed by atoms with Crippen molar-refractivity contribution in [1.82, 2.24) is 0 Å². The zero-order chi connectivity index (χ0) is 73.9. The van der Waals surface area contributed by atoms with Crippen molar-refractivity contribution in [1.29, 1.82) is 0 Å². The second-order valence-corrected chi connectivity index (χ2v) is 32.4. The second kappa shape index (κ2) is 76.3. The fraction of sp³-hybridized carbons (Fsp3) is 0.951. The van der Waals surface area contributed by atoms with Gasteiger partial charge < -0.3 is 33.8 Å². The molecule has 0 aliphatic heterocycles. The highest BCUT2D eigenvalue weighted by atomic mass is 31.2. The van der Waals surface area contributed by atoms with Crippen LogP contribution in [0.1, 0.15) is 445 Å². The van der Waals surface area contributed by atoms with Crippen molar-refractivity contribution < 1.29 is 80.2 Å². The molecule has 19 heteroatoms. The number of ether oxygens (including phenoxy) is 4. The van der Waals surface area contributed by atoms with E-state index >= 15 is 0 Å². The zero-order valence-corrected chi connectivity index (χ0v) is 67.7. The van der Waals surface area contributed by atoms with Crippen molar-refractivity contribution in [2.45, 2.75) is 463 Å². The van der Waals surface area contributed by atoms with Crippen LogP contribution in [-0.2, 0) is 65.4 Å². The summed E-state index contributed by atoms with van der Waals surface area (Å²) in [6, 6.07) is 0. The van der Waals surface area contributed by atoms with Crippen molar-refractivity contribution >= 4 is 39.5 Å². The van der Waals surface area contributed by atoms with Crippen LogP contribution in [0.15, 0.2) is 0 Å². The Morgan fingerprint density at radius 1 is 0.238 bits per heavy atom. The van der Waals surface area contributed by atoms with Crippen LogP contribution in [0.2, 0.25) is 0 Å². The third-order valence-electron chi connectivity index (χ3n) is 19.4. The van der Waals surface area contributed by atoms with Gasteiger partial charge in [0.05, 0.1) is 26.4 Å². The lowest BCUT2D eigenvalue weighted by Gasteiger charge is -2.21. The quantitative estimate of drug-likeness (QED) is 0.0222. The van der Waals surface area contributed by atoms with Crippen LogP contribution in [0, 0.1) is 0 Å². The first kappa shape index (κ1) is 99.1. The molecule has 101 heavy (non-hydrogen) atoms. The van der Waals surface area contributed by atoms with E-state index in [1.807, 2.05) is 0 Å². The van der Waals surface area contributed by atoms with Gasteiger partial charge in [-0.1, -0.05) is 394 Å². The third kappa shape index (κ3) is 76.1. The first-order chi connectivity index (χ1) is 49.2. The molecule has 0 saturated carbocycles. The highest BCUT2D eigenvalue weighted by Gasteiger charge is 2.30. The van der Waals surface area contributed by atoms with Gasteiger partial charge in [0.2, 0.25) is 0 Å². The number of esters is 4. The first-order valence-corrected chi connectivity index (χ1v) is 45.8. The van der Waals surface area contributed by atoms with Gasteiger partial charge in [0.15, 0.2) is 12.2 Å². The maximum atomic E-state index is 13.1. The van der Waals surface area contributed by atoms with E-state index in [9.17, 15) is 43.2 Å². The van der Waals surface area contributed by atoms with E-state index in [0.29, 0.717) is 25.7 Å². The van der Waals surface area contributed by atoms with Crippen LogP contribution >= 0.6 is 15.6 Å². The van der Waals surface area contributed by atoms with Crippen molar-refractivity contribution in [2.24, 2.45) is 0 Å². The second-order valence-electron chi connectivity index (χ2n) is 29.5. The molecule has 0 amide bonds. The minimum absolute atomic E-state index is 0.109. The molecule has 0 spiro atoms. The summed E-state index contributed by atoms with van der Waals surface area (Å²) in [6.45, 7) is 5.00. The fourth-order valence-electron chi connectivity index (χ4n) is 12.8. The normalized spacial score (nSPS) is 13.8. The Morgan fingerprint density at radius 2 is 0.396 bits per heavy atom. The molecular weight excluding hydrogens is 1320 g/mol. The zero-order valence-electron chi connectivity index (χ0n) is 65.9. The number of hydrogen-bond acceptors (Lipinski definition) is 15. The lowest BCUT2D eigenvalue weighted by Crippen LogP contribution is -2.30. The number of carbonyl (C=O) groups is 4. The topological polar surface area (TPSA) is 237 Å². The molecule has 0 radical (unpaired) electrons. The van der Waals surface area contributed by atoms with E-state index in [-0.39, 0.29) is 25.7 Å². The molecule has 3 N–H and O–H groups in total. The third-order valence-corrected chi connectivity index (χ3v) is 21.3. The summed E-state index contributed by atoms with van der Waals surface area (Å²) in [5.74, 6) is -2.11. The van der Waals surface area contributed by atoms with Gasteiger partial charge in [-0.05, 0) is 25.7 Å². The molecule has 0 aliphatic rings. The van der Waals surface area contributed by atoms with E-state index in [4.69, 9.17) is 37.0 Å². The van der Waals surface area contributed by atoms with Gasteiger partial charge in [-0.15, -0.1) is 0 Å². The smallest absolute Gasteiger partial charge is 0.462 e. The highest BCUT2D eigenvalue weighted by molar-refractivity contribution is 7.47. The van der Waals surface area contributed by atoms with Gasteiger partial charge in [-0.3, -0.25) is 37.3 Å². The number of unbranched alkanes of at least 4 members (excludes halogenated alkanes) is 57. The van der Waals surface area contributed by atoms with Crippen LogP contribution < -0.4 is 0 Å². The van der Waals surface area contributed by atoms with Crippen LogP contribution in [0.25, 0.3) is 0 Å². The van der Waals surface area contributed by atoms with Crippen LogP contribution in [0.4, 0.5) is 0 Å². The maximum absolute atomic E-state index is 13.1. The monoisotopic (exact) mass is 1480 g/mol. The number of hydrogen-bond donors (Lipinski definition) is 3. The predicted octanol–water partition coefficient (Wildman–Crippen LogP) is 25.0. The standard InChI is InChI=1S/C82H160O17P2/c1-5-9-13-17-21-24-27-30-33-36-37-38-41-44-47-50-53-57-61-65-69-82(87)99-78(73-93-80(85)67-63-59-55-51-48-45-42-39-34-31-28-25-22-18-14-10-6-2)75-97-101(90,91)95-71-76(83)70-94-100(88,89)96-74-77(72-92-79(84)66-62-58-54-20-16-12-8-4)98-81(86)68-64-60-56-52-49-46-43-40-35-32-29-26-23-19-15-11-7-3/h76-78,83H,5-75H2,1-4H3,(H,88,89)(H,90,91)/t76-,77+,78+/m0/s1. The molecule has 0 bridgehead atoms. The molecule has 0 heterocycles. The molecule has 0 fully saturated rings. The molecule has 2 unspecified atom stereocenters. The van der Waals surface area contributed by atoms with Gasteiger partial charge in [0, 0.05) is 25.7 Å². The summed E-state index contributed by atoms with van der Waals surface area (Å²) in [4.78, 5) is 72.9. The summed E-state index contributed by atoms with van der Waals surface area (Å²) in [5.41, 5.74) is 0. The number of phosphoric acid groups is 2. The van der Waals surface area contributed by atoms with E-state index in [0.717, 1.165) is 103 Å². The molecule has 0 aliphatic carbocycles. The minimum Gasteiger partial charge on any atom is -0.462 e. The molecule has 17 nitrogen and oxygen atoms in total. The number of aliphatic hydroxyl groups is 1. The Bertz CT molecular complexity index is 1910. The Labute approximate surface area is 619 Å². The minimum atomic E-state index is -4.96. The van der Waals surface area contributed by atoms with Crippen LogP contribution in [0.3, 0.4) is 0 Å². The van der Waals surface area contributed by atoms with Crippen molar-refractivity contribution in [3.8, 4) is 0 Å². The number of carbonyl (C=O) groups excluding carboxylic acids is 4. The Kier molecular flexibility index (Phi) is 74.8. The van der Waals surface area contributed by atoms with Crippen molar-refractivity contribution in [3.05, 3.63) is 0 Å². The largest absolute Gasteiger partial charge is 0.472 e. The van der Waals surface area contributed by atoms with Crippen molar-refractivity contribution in [2.75, 3.05) is 39.6 Å². The lowest BCUT2D eigenvalue weighted by molar-refractivity contribution is -0.161. The summed E-state index contributed by atoms with van der Waals surface area (Å²) in [7, 11) is -9.91. The Balaban J connectivity index is 5.16. The van der Waals surface area contributed by atoms with E-state index in [1.54, 1.807) is 0 Å². The highest BCUT2D eigenvalue weighted by Crippen LogP contribution is 2.45. The lowest BCUT2D eigenvalue weighted by atomic mass is 10.0. The van der Waals surface area contributed by atoms with Gasteiger partial charge in [-0.2, -0.15) is 0 Å². The van der Waals surface area contributed by atoms with E-state index < -0.39 is 97.5 Å². The number of phosphoric ester groups is 2. The molecule has 0 aromatic heterocycles.